The molecule has 0 amide bonds. The monoisotopic (exact) mass is 394 g/mol. The van der Waals surface area contributed by atoms with Crippen molar-refractivity contribution in [3.8, 4) is 11.5 Å². The minimum atomic E-state index is 0. The Morgan fingerprint density at radius 3 is 2.04 bits per heavy atom. The molecule has 4 rings (SSSR count). The normalized spacial score (nSPS) is 18.8. The lowest BCUT2D eigenvalue weighted by Crippen LogP contribution is -2.47. The molecule has 2 aromatic carbocycles. The van der Waals surface area contributed by atoms with Crippen LogP contribution in [0.2, 0.25) is 0 Å². The standard InChI is InChI=1S/C21H26N2O.2ClH/c1-2-7-19(8-3-1)24-20-11-9-18(10-12-20)21(17-5-4-6-17)23-15-13-22-14-16-23;;/h1-3,7-12,17,21-22H,4-6,13-16H2;2*1H/t21-;;/m0../s1. The third-order valence-corrected chi connectivity index (χ3v) is 5.34. The summed E-state index contributed by atoms with van der Waals surface area (Å²) < 4.78 is 5.94. The van der Waals surface area contributed by atoms with Crippen LogP contribution in [0.25, 0.3) is 0 Å². The predicted octanol–water partition coefficient (Wildman–Crippen LogP) is 5.07. The van der Waals surface area contributed by atoms with Crippen LogP contribution in [0, 0.1) is 5.92 Å². The second kappa shape index (κ2) is 10.2. The molecule has 2 fully saturated rings. The SMILES string of the molecule is Cl.Cl.c1ccc(Oc2ccc([C@H](C3CCC3)N3CCNCC3)cc2)cc1. The van der Waals surface area contributed by atoms with E-state index in [1.54, 1.807) is 0 Å². The van der Waals surface area contributed by atoms with Crippen LogP contribution in [0.1, 0.15) is 30.9 Å². The van der Waals surface area contributed by atoms with E-state index in [9.17, 15) is 0 Å². The van der Waals surface area contributed by atoms with Gasteiger partial charge in [0.05, 0.1) is 0 Å². The van der Waals surface area contributed by atoms with Crippen LogP contribution < -0.4 is 10.1 Å². The van der Waals surface area contributed by atoms with Crippen molar-refractivity contribution in [2.45, 2.75) is 25.3 Å². The average Bonchev–Trinajstić information content (AvgIpc) is 2.60. The Balaban J connectivity index is 0.00000121. The minimum absolute atomic E-state index is 0. The highest BCUT2D eigenvalue weighted by Gasteiger charge is 2.33. The van der Waals surface area contributed by atoms with E-state index in [1.165, 1.54) is 24.8 Å². The summed E-state index contributed by atoms with van der Waals surface area (Å²) in [7, 11) is 0. The Labute approximate surface area is 168 Å². The van der Waals surface area contributed by atoms with Crippen LogP contribution in [0.5, 0.6) is 11.5 Å². The molecule has 5 heteroatoms. The van der Waals surface area contributed by atoms with Crippen molar-refractivity contribution in [2.24, 2.45) is 5.92 Å². The highest BCUT2D eigenvalue weighted by molar-refractivity contribution is 5.85. The van der Waals surface area contributed by atoms with Crippen molar-refractivity contribution in [2.75, 3.05) is 26.2 Å². The fraction of sp³-hybridized carbons (Fsp3) is 0.429. The van der Waals surface area contributed by atoms with Crippen LogP contribution in [0.15, 0.2) is 54.6 Å². The molecule has 0 spiro atoms. The summed E-state index contributed by atoms with van der Waals surface area (Å²) in [6, 6.07) is 19.3. The Morgan fingerprint density at radius 1 is 0.846 bits per heavy atom. The summed E-state index contributed by atoms with van der Waals surface area (Å²) in [5.41, 5.74) is 1.45. The van der Waals surface area contributed by atoms with Gasteiger partial charge in [-0.3, -0.25) is 4.90 Å². The lowest BCUT2D eigenvalue weighted by Gasteiger charge is -2.43. The van der Waals surface area contributed by atoms with Crippen molar-refractivity contribution in [3.63, 3.8) is 0 Å². The zero-order chi connectivity index (χ0) is 16.2. The van der Waals surface area contributed by atoms with E-state index in [1.807, 2.05) is 30.3 Å². The highest BCUT2D eigenvalue weighted by Crippen LogP contribution is 2.41. The number of piperazine rings is 1. The molecule has 142 valence electrons. The second-order valence-electron chi connectivity index (χ2n) is 6.91. The molecule has 0 bridgehead atoms. The van der Waals surface area contributed by atoms with E-state index in [4.69, 9.17) is 4.74 Å². The summed E-state index contributed by atoms with van der Waals surface area (Å²) in [6.45, 7) is 4.53. The van der Waals surface area contributed by atoms with Crippen LogP contribution in [0.3, 0.4) is 0 Å². The molecule has 0 unspecified atom stereocenters. The second-order valence-corrected chi connectivity index (χ2v) is 6.91. The molecule has 26 heavy (non-hydrogen) atoms. The van der Waals surface area contributed by atoms with E-state index in [0.29, 0.717) is 6.04 Å². The predicted molar refractivity (Wildman–Crippen MR) is 112 cm³/mol. The lowest BCUT2D eigenvalue weighted by atomic mass is 9.76. The van der Waals surface area contributed by atoms with Crippen LogP contribution >= 0.6 is 24.8 Å². The molecule has 0 aromatic heterocycles. The molecule has 1 saturated heterocycles. The molecule has 1 saturated carbocycles. The number of hydrogen-bond acceptors (Lipinski definition) is 3. The van der Waals surface area contributed by atoms with Crippen molar-refractivity contribution < 1.29 is 4.74 Å². The van der Waals surface area contributed by atoms with Gasteiger partial charge in [-0.05, 0) is 48.6 Å². The Hall–Kier alpha value is -1.26. The number of ether oxygens (including phenoxy) is 1. The van der Waals surface area contributed by atoms with Crippen LogP contribution in [-0.4, -0.2) is 31.1 Å². The van der Waals surface area contributed by atoms with Gasteiger partial charge >= 0.3 is 0 Å². The van der Waals surface area contributed by atoms with Crippen LogP contribution in [0.4, 0.5) is 0 Å². The Kier molecular flexibility index (Phi) is 8.23. The molecule has 1 atom stereocenters. The first-order chi connectivity index (χ1) is 11.9. The fourth-order valence-electron chi connectivity index (χ4n) is 3.85. The molecule has 0 radical (unpaired) electrons. The quantitative estimate of drug-likeness (QED) is 0.765. The number of benzene rings is 2. The van der Waals surface area contributed by atoms with Gasteiger partial charge in [0.15, 0.2) is 0 Å². The Morgan fingerprint density at radius 2 is 1.46 bits per heavy atom. The maximum atomic E-state index is 5.94. The van der Waals surface area contributed by atoms with Gasteiger partial charge in [0, 0.05) is 32.2 Å². The van der Waals surface area contributed by atoms with Crippen molar-refractivity contribution in [1.29, 1.82) is 0 Å². The molecule has 1 aliphatic carbocycles. The third kappa shape index (κ3) is 4.92. The highest BCUT2D eigenvalue weighted by atomic mass is 35.5. The van der Waals surface area contributed by atoms with Gasteiger partial charge in [0.1, 0.15) is 11.5 Å². The maximum Gasteiger partial charge on any atom is 0.127 e. The topological polar surface area (TPSA) is 24.5 Å². The molecule has 1 aliphatic heterocycles. The van der Waals surface area contributed by atoms with Gasteiger partial charge in [-0.15, -0.1) is 24.8 Å². The largest absolute Gasteiger partial charge is 0.457 e. The number of hydrogen-bond donors (Lipinski definition) is 1. The first-order valence-electron chi connectivity index (χ1n) is 9.18. The fourth-order valence-corrected chi connectivity index (χ4v) is 3.85. The van der Waals surface area contributed by atoms with Crippen molar-refractivity contribution in [3.05, 3.63) is 60.2 Å². The number of para-hydroxylation sites is 1. The smallest absolute Gasteiger partial charge is 0.127 e. The zero-order valence-corrected chi connectivity index (χ0v) is 16.6. The van der Waals surface area contributed by atoms with Gasteiger partial charge < -0.3 is 10.1 Å². The molecule has 2 aromatic rings. The van der Waals surface area contributed by atoms with E-state index < -0.39 is 0 Å². The number of rotatable bonds is 5. The van der Waals surface area contributed by atoms with E-state index in [2.05, 4.69) is 34.5 Å². The molecular weight excluding hydrogens is 367 g/mol. The van der Waals surface area contributed by atoms with E-state index in [-0.39, 0.29) is 24.8 Å². The van der Waals surface area contributed by atoms with E-state index >= 15 is 0 Å². The number of halogens is 2. The molecular formula is C21H28Cl2N2O. The van der Waals surface area contributed by atoms with Gasteiger partial charge in [-0.25, -0.2) is 0 Å². The number of nitrogens with one attached hydrogen (secondary N) is 1. The molecule has 3 nitrogen and oxygen atoms in total. The van der Waals surface area contributed by atoms with E-state index in [0.717, 1.165) is 43.6 Å². The van der Waals surface area contributed by atoms with Crippen molar-refractivity contribution >= 4 is 24.8 Å². The molecule has 2 aliphatic rings. The average molecular weight is 395 g/mol. The van der Waals surface area contributed by atoms with Gasteiger partial charge in [-0.1, -0.05) is 36.8 Å². The van der Waals surface area contributed by atoms with Crippen molar-refractivity contribution in [1.82, 2.24) is 10.2 Å². The Bertz CT molecular complexity index is 641. The summed E-state index contributed by atoms with van der Waals surface area (Å²) in [5.74, 6) is 2.63. The molecule has 1 heterocycles. The van der Waals surface area contributed by atoms with Gasteiger partial charge in [0.2, 0.25) is 0 Å². The first-order valence-corrected chi connectivity index (χ1v) is 9.18. The third-order valence-electron chi connectivity index (χ3n) is 5.34. The first kappa shape index (κ1) is 21.0. The molecule has 1 N–H and O–H groups in total. The van der Waals surface area contributed by atoms with Crippen LogP contribution in [-0.2, 0) is 0 Å². The summed E-state index contributed by atoms with van der Waals surface area (Å²) >= 11 is 0. The summed E-state index contributed by atoms with van der Waals surface area (Å²) in [6.07, 6.45) is 4.14. The van der Waals surface area contributed by atoms with Gasteiger partial charge in [-0.2, -0.15) is 0 Å². The minimum Gasteiger partial charge on any atom is -0.457 e. The van der Waals surface area contributed by atoms with Gasteiger partial charge in [0.25, 0.3) is 0 Å². The lowest BCUT2D eigenvalue weighted by molar-refractivity contribution is 0.0837. The summed E-state index contributed by atoms with van der Waals surface area (Å²) in [4.78, 5) is 2.67. The summed E-state index contributed by atoms with van der Waals surface area (Å²) in [5, 5.41) is 3.47. The zero-order valence-electron chi connectivity index (χ0n) is 15.0. The maximum absolute atomic E-state index is 5.94. The number of nitrogens with zero attached hydrogens (tertiary/aromatic N) is 1.